The van der Waals surface area contributed by atoms with Gasteiger partial charge in [0.15, 0.2) is 0 Å². The Bertz CT molecular complexity index is 1010. The van der Waals surface area contributed by atoms with Crippen molar-refractivity contribution in [2.24, 2.45) is 18.4 Å². The number of rotatable bonds is 5. The first-order chi connectivity index (χ1) is 17.1. The molecule has 1 saturated heterocycles. The molecule has 2 aromatic heterocycles. The average molecular weight is 540 g/mol. The van der Waals surface area contributed by atoms with Gasteiger partial charge in [-0.05, 0) is 24.8 Å². The number of hydrogen-bond acceptors (Lipinski definition) is 6. The molecule has 9 nitrogen and oxygen atoms in total. The molecule has 2 atom stereocenters. The van der Waals surface area contributed by atoms with Crippen molar-refractivity contribution in [3.63, 3.8) is 0 Å². The lowest BCUT2D eigenvalue weighted by Gasteiger charge is -2.28. The number of hydrogen-bond donors (Lipinski definition) is 2. The fraction of sp³-hybridized carbons (Fsp3) is 0.545. The molecule has 0 amide bonds. The molecule has 2 aromatic rings. The number of carbonyl (C=O) groups is 2. The summed E-state index contributed by atoms with van der Waals surface area (Å²) in [6.45, 7) is 4.09. The summed E-state index contributed by atoms with van der Waals surface area (Å²) in [5, 5.41) is 18.5. The van der Waals surface area contributed by atoms with Crippen LogP contribution in [0.3, 0.4) is 0 Å². The smallest absolute Gasteiger partial charge is 0.477 e. The van der Waals surface area contributed by atoms with Gasteiger partial charge in [-0.15, -0.1) is 0 Å². The Kier molecular flexibility index (Phi) is 9.89. The number of likely N-dealkylation sites (tertiary alicyclic amines) is 1. The molecule has 1 saturated carbocycles. The van der Waals surface area contributed by atoms with E-state index in [0.29, 0.717) is 5.41 Å². The van der Waals surface area contributed by atoms with E-state index in [4.69, 9.17) is 24.5 Å². The van der Waals surface area contributed by atoms with Crippen LogP contribution in [-0.4, -0.2) is 73.9 Å². The van der Waals surface area contributed by atoms with Crippen LogP contribution in [0, 0.1) is 11.3 Å². The maximum absolute atomic E-state index is 10.6. The number of nitrogens with zero attached hydrogens (tertiary/aromatic N) is 4. The van der Waals surface area contributed by atoms with Gasteiger partial charge in [-0.3, -0.25) is 9.58 Å². The van der Waals surface area contributed by atoms with Crippen LogP contribution in [0.15, 0.2) is 36.8 Å². The van der Waals surface area contributed by atoms with Crippen LogP contribution >= 0.6 is 0 Å². The van der Waals surface area contributed by atoms with Gasteiger partial charge in [0, 0.05) is 56.1 Å². The number of ether oxygens (including phenoxy) is 1. The maximum atomic E-state index is 10.6. The molecule has 1 aliphatic heterocycles. The normalized spacial score (nSPS) is 21.2. The molecule has 0 unspecified atom stereocenters. The minimum absolute atomic E-state index is 0.305. The molecule has 0 spiro atoms. The Morgan fingerprint density at radius 3 is 2.24 bits per heavy atom. The van der Waals surface area contributed by atoms with Gasteiger partial charge in [-0.1, -0.05) is 12.5 Å². The summed E-state index contributed by atoms with van der Waals surface area (Å²) in [5.41, 5.74) is 1.60. The monoisotopic (exact) mass is 540 g/mol. The standard InChI is InChI=1S/C18H24N4O.2C2HF3O2/c1-21-10-15(9-20-21)11-22-12-16-5-4-7-18(16,13-22)14-23-17-6-2-3-8-19-17;2*3-2(4,5)1(6)7/h2-3,6,8-10,16H,4-5,7,11-14H2,1H3;2*(H,6,7)/t16-,18+;;/m1../s1. The molecule has 1 aliphatic carbocycles. The second kappa shape index (κ2) is 12.3. The van der Waals surface area contributed by atoms with Crippen molar-refractivity contribution < 1.29 is 50.9 Å². The maximum Gasteiger partial charge on any atom is 0.490 e. The second-order valence-electron chi connectivity index (χ2n) is 8.71. The summed E-state index contributed by atoms with van der Waals surface area (Å²) < 4.78 is 71.4. The molecule has 4 rings (SSSR count). The number of fused-ring (bicyclic) bond motifs is 1. The highest BCUT2D eigenvalue weighted by molar-refractivity contribution is 5.73. The Morgan fingerprint density at radius 1 is 1.14 bits per heavy atom. The van der Waals surface area contributed by atoms with Crippen LogP contribution in [0.2, 0.25) is 0 Å². The summed E-state index contributed by atoms with van der Waals surface area (Å²) in [6, 6.07) is 5.85. The van der Waals surface area contributed by atoms with E-state index in [1.54, 1.807) is 6.20 Å². The third-order valence-electron chi connectivity index (χ3n) is 5.91. The van der Waals surface area contributed by atoms with Crippen molar-refractivity contribution in [3.8, 4) is 5.88 Å². The summed E-state index contributed by atoms with van der Waals surface area (Å²) >= 11 is 0. The lowest BCUT2D eigenvalue weighted by molar-refractivity contribution is -0.193. The molecule has 2 fully saturated rings. The minimum atomic E-state index is -5.08. The number of aryl methyl sites for hydroxylation is 1. The number of halogens is 6. The molecular weight excluding hydrogens is 514 g/mol. The number of aromatic nitrogens is 3. The summed E-state index contributed by atoms with van der Waals surface area (Å²) in [4.78, 5) is 24.7. The second-order valence-corrected chi connectivity index (χ2v) is 8.71. The highest BCUT2D eigenvalue weighted by atomic mass is 19.4. The van der Waals surface area contributed by atoms with Gasteiger partial charge in [0.1, 0.15) is 0 Å². The van der Waals surface area contributed by atoms with Crippen LogP contribution < -0.4 is 4.74 Å². The van der Waals surface area contributed by atoms with Crippen molar-refractivity contribution in [1.29, 1.82) is 0 Å². The van der Waals surface area contributed by atoms with E-state index in [-0.39, 0.29) is 0 Å². The predicted molar refractivity (Wildman–Crippen MR) is 115 cm³/mol. The van der Waals surface area contributed by atoms with Crippen LogP contribution in [0.4, 0.5) is 26.3 Å². The molecular formula is C22H26F6N4O5. The molecule has 3 heterocycles. The average Bonchev–Trinajstić information content (AvgIpc) is 3.47. The Morgan fingerprint density at radius 2 is 1.76 bits per heavy atom. The van der Waals surface area contributed by atoms with Crippen molar-refractivity contribution in [2.75, 3.05) is 19.7 Å². The van der Waals surface area contributed by atoms with Crippen molar-refractivity contribution >= 4 is 11.9 Å². The Balaban J connectivity index is 0.000000286. The number of carboxylic acids is 2. The molecule has 15 heteroatoms. The largest absolute Gasteiger partial charge is 0.490 e. The fourth-order valence-corrected chi connectivity index (χ4v) is 4.34. The first kappa shape index (κ1) is 29.9. The Hall–Kier alpha value is -3.36. The highest BCUT2D eigenvalue weighted by Gasteiger charge is 2.50. The first-order valence-corrected chi connectivity index (χ1v) is 11.0. The zero-order chi connectivity index (χ0) is 27.9. The lowest BCUT2D eigenvalue weighted by atomic mass is 9.81. The van der Waals surface area contributed by atoms with E-state index >= 15 is 0 Å². The minimum Gasteiger partial charge on any atom is -0.477 e. The molecule has 0 radical (unpaired) electrons. The molecule has 37 heavy (non-hydrogen) atoms. The van der Waals surface area contributed by atoms with Gasteiger partial charge in [0.2, 0.25) is 5.88 Å². The summed E-state index contributed by atoms with van der Waals surface area (Å²) in [7, 11) is 1.98. The third kappa shape index (κ3) is 9.22. The van der Waals surface area contributed by atoms with Gasteiger partial charge < -0.3 is 14.9 Å². The highest BCUT2D eigenvalue weighted by Crippen LogP contribution is 2.49. The zero-order valence-electron chi connectivity index (χ0n) is 19.7. The van der Waals surface area contributed by atoms with Gasteiger partial charge in [0.25, 0.3) is 0 Å². The first-order valence-electron chi connectivity index (χ1n) is 11.0. The SMILES string of the molecule is Cn1cc(CN2C[C@H]3CCC[C@@]3(COc3ccccn3)C2)cn1.O=C(O)C(F)(F)F.O=C(O)C(F)(F)F. The number of alkyl halides is 6. The van der Waals surface area contributed by atoms with Crippen LogP contribution in [0.5, 0.6) is 5.88 Å². The third-order valence-corrected chi connectivity index (χ3v) is 5.91. The zero-order valence-corrected chi connectivity index (χ0v) is 19.7. The van der Waals surface area contributed by atoms with Crippen LogP contribution in [0.1, 0.15) is 24.8 Å². The van der Waals surface area contributed by atoms with Crippen molar-refractivity contribution in [3.05, 3.63) is 42.4 Å². The Labute approximate surface area is 207 Å². The topological polar surface area (TPSA) is 118 Å². The molecule has 0 bridgehead atoms. The summed E-state index contributed by atoms with van der Waals surface area (Å²) in [5.74, 6) is -4.01. The number of carboxylic acid groups (broad SMARTS) is 2. The molecule has 206 valence electrons. The van der Waals surface area contributed by atoms with Crippen LogP contribution in [-0.2, 0) is 23.2 Å². The van der Waals surface area contributed by atoms with Gasteiger partial charge in [-0.25, -0.2) is 14.6 Å². The number of pyridine rings is 1. The van der Waals surface area contributed by atoms with E-state index < -0.39 is 24.3 Å². The van der Waals surface area contributed by atoms with Crippen LogP contribution in [0.25, 0.3) is 0 Å². The van der Waals surface area contributed by atoms with E-state index in [1.165, 1.54) is 31.4 Å². The molecule has 0 aromatic carbocycles. The van der Waals surface area contributed by atoms with E-state index in [0.717, 1.165) is 31.5 Å². The lowest BCUT2D eigenvalue weighted by Crippen LogP contribution is -2.33. The van der Waals surface area contributed by atoms with Gasteiger partial charge in [-0.2, -0.15) is 31.4 Å². The molecule has 2 aliphatic rings. The van der Waals surface area contributed by atoms with Crippen molar-refractivity contribution in [2.45, 2.75) is 38.2 Å². The van der Waals surface area contributed by atoms with E-state index in [9.17, 15) is 26.3 Å². The van der Waals surface area contributed by atoms with E-state index in [2.05, 4.69) is 21.2 Å². The van der Waals surface area contributed by atoms with Gasteiger partial charge >= 0.3 is 24.3 Å². The summed E-state index contributed by atoms with van der Waals surface area (Å²) in [6.07, 6.45) is -0.348. The predicted octanol–water partition coefficient (Wildman–Crippen LogP) is 3.76. The number of aliphatic carboxylic acids is 2. The quantitative estimate of drug-likeness (QED) is 0.551. The van der Waals surface area contributed by atoms with E-state index in [1.807, 2.05) is 36.1 Å². The molecule has 2 N–H and O–H groups in total. The van der Waals surface area contributed by atoms with Crippen molar-refractivity contribution in [1.82, 2.24) is 19.7 Å². The van der Waals surface area contributed by atoms with Gasteiger partial charge in [0.05, 0.1) is 12.8 Å². The fourth-order valence-electron chi connectivity index (χ4n) is 4.34.